The first-order valence-corrected chi connectivity index (χ1v) is 24.2. The maximum Gasteiger partial charge on any atom is 0.494 e. The molecule has 2 aliphatic rings. The van der Waals surface area contributed by atoms with Gasteiger partial charge in [0.15, 0.2) is 0 Å². The van der Waals surface area contributed by atoms with Gasteiger partial charge in [-0.2, -0.15) is 0 Å². The fraction of sp³-hybridized carbons (Fsp3) is 0.596. The third kappa shape index (κ3) is 11.7. The van der Waals surface area contributed by atoms with Gasteiger partial charge >= 0.3 is 19.2 Å². The SMILES string of the molecule is CCn1c(-c2cccnc2C(C)OC)c(CC(C)(C)CN2[C@H](C(=O)O)CCCN2C(=O)C(NC(=O)OC(C)(C)C)C(OCC(F)F)c2nc(Br)cs2)c2cc(B3OC(C)(C)C(C)(C)O3)ccc21. The molecule has 2 amide bonds. The second kappa shape index (κ2) is 20.5. The summed E-state index contributed by atoms with van der Waals surface area (Å²) in [6.07, 6.45) is -3.11. The molecule has 2 saturated heterocycles. The lowest BCUT2D eigenvalue weighted by atomic mass is 9.77. The molecule has 0 radical (unpaired) electrons. The van der Waals surface area contributed by atoms with Gasteiger partial charge in [-0.05, 0) is 132 Å². The molecule has 0 bridgehead atoms. The van der Waals surface area contributed by atoms with E-state index in [1.165, 1.54) is 10.0 Å². The number of carboxylic acid groups (broad SMARTS) is 1. The number of nitrogens with zero attached hydrogens (tertiary/aromatic N) is 5. The maximum atomic E-state index is 15.2. The number of nitrogens with one attached hydrogen (secondary N) is 1. The van der Waals surface area contributed by atoms with Crippen molar-refractivity contribution in [3.63, 3.8) is 0 Å². The highest BCUT2D eigenvalue weighted by Gasteiger charge is 2.52. The standard InChI is InChI=1S/C47H64BBrF2N6O9S/c1-13-55-32-19-18-28(48-65-46(8,9)47(10,11)66-48)22-30(32)31(38(55)29-16-14-20-52-36(29)27(2)62-12)23-45(6,7)26-57-33(42(59)60)17-15-21-56(57)41(58)37(54-43(61)64-44(3,4)5)39(63-24-35(50)51)40-53-34(49)25-67-40/h14,16,18-20,22,25,27,33,35,37,39H,13,15,17,21,23-24,26H2,1-12H3,(H,54,61)(H,59,60)/t27?,33-,37?,39?/m0/s1. The third-order valence-corrected chi connectivity index (χ3v) is 14.2. The first-order chi connectivity index (χ1) is 31.3. The Morgan fingerprint density at radius 2 is 1.79 bits per heavy atom. The number of fused-ring (bicyclic) bond motifs is 1. The quantitative estimate of drug-likeness (QED) is 0.0968. The number of carboxylic acids is 1. The number of benzene rings is 1. The number of hydrogen-bond donors (Lipinski definition) is 2. The number of hydrazine groups is 1. The monoisotopic (exact) mass is 1020 g/mol. The lowest BCUT2D eigenvalue weighted by Gasteiger charge is -2.47. The maximum absolute atomic E-state index is 15.2. The van der Waals surface area contributed by atoms with Crippen molar-refractivity contribution in [2.24, 2.45) is 5.41 Å². The van der Waals surface area contributed by atoms with Crippen molar-refractivity contribution in [2.45, 2.75) is 149 Å². The Morgan fingerprint density at radius 1 is 1.10 bits per heavy atom. The molecule has 1 aromatic carbocycles. The van der Waals surface area contributed by atoms with Crippen LogP contribution in [0.3, 0.4) is 0 Å². The Kier molecular flexibility index (Phi) is 16.0. The number of rotatable bonds is 17. The fourth-order valence-corrected chi connectivity index (χ4v) is 10.1. The van der Waals surface area contributed by atoms with E-state index < -0.39 is 78.5 Å². The third-order valence-electron chi connectivity index (χ3n) is 12.5. The van der Waals surface area contributed by atoms with Crippen molar-refractivity contribution < 1.29 is 51.8 Å². The molecule has 15 nitrogen and oxygen atoms in total. The molecule has 5 heterocycles. The number of pyridine rings is 1. The van der Waals surface area contributed by atoms with Crippen LogP contribution in [0.15, 0.2) is 46.5 Å². The number of amides is 2. The van der Waals surface area contributed by atoms with Crippen LogP contribution in [0.5, 0.6) is 0 Å². The fourth-order valence-electron chi connectivity index (χ4n) is 8.72. The summed E-state index contributed by atoms with van der Waals surface area (Å²) in [6, 6.07) is 7.31. The Labute approximate surface area is 404 Å². The van der Waals surface area contributed by atoms with Crippen molar-refractivity contribution in [3.05, 3.63) is 62.8 Å². The number of methoxy groups -OCH3 is 1. The summed E-state index contributed by atoms with van der Waals surface area (Å²) in [6.45, 7) is 20.7. The zero-order valence-corrected chi connectivity index (χ0v) is 42.8. The zero-order valence-electron chi connectivity index (χ0n) is 40.4. The Morgan fingerprint density at radius 3 is 2.37 bits per heavy atom. The largest absolute Gasteiger partial charge is 0.494 e. The topological polar surface area (TPSA) is 167 Å². The number of carbonyl (C=O) groups is 3. The van der Waals surface area contributed by atoms with Gasteiger partial charge in [0, 0.05) is 54.8 Å². The highest BCUT2D eigenvalue weighted by Crippen LogP contribution is 2.42. The summed E-state index contributed by atoms with van der Waals surface area (Å²) >= 11 is 4.35. The van der Waals surface area contributed by atoms with Gasteiger partial charge in [-0.15, -0.1) is 11.3 Å². The molecule has 3 unspecified atom stereocenters. The number of hydrogen-bond acceptors (Lipinski definition) is 12. The van der Waals surface area contributed by atoms with Gasteiger partial charge in [-0.1, -0.05) is 26.0 Å². The summed E-state index contributed by atoms with van der Waals surface area (Å²) in [5.41, 5.74) is 2.36. The summed E-state index contributed by atoms with van der Waals surface area (Å²) in [7, 11) is 0.997. The molecule has 366 valence electrons. The molecule has 0 saturated carbocycles. The minimum atomic E-state index is -2.91. The molecule has 4 aromatic rings. The number of alkyl halides is 2. The number of alkyl carbamates (subject to hydrolysis) is 1. The van der Waals surface area contributed by atoms with Crippen LogP contribution in [0.25, 0.3) is 22.2 Å². The summed E-state index contributed by atoms with van der Waals surface area (Å²) in [4.78, 5) is 51.1. The molecule has 2 fully saturated rings. The minimum absolute atomic E-state index is 0.0454. The molecular formula is C47H64BBrF2N6O9S. The lowest BCUT2D eigenvalue weighted by Crippen LogP contribution is -2.64. The number of aromatic nitrogens is 3. The molecular weight excluding hydrogens is 953 g/mol. The first-order valence-electron chi connectivity index (χ1n) is 22.6. The number of thiazole rings is 1. The molecule has 3 aromatic heterocycles. The second-order valence-corrected chi connectivity index (χ2v) is 21.6. The Hall–Kier alpha value is -4.05. The van der Waals surface area contributed by atoms with E-state index in [0.717, 1.165) is 50.2 Å². The average molecular weight is 1020 g/mol. The first kappa shape index (κ1) is 52.3. The normalized spacial score (nSPS) is 19.2. The summed E-state index contributed by atoms with van der Waals surface area (Å²) in [5.74, 6) is -1.93. The van der Waals surface area contributed by atoms with E-state index in [1.54, 1.807) is 39.5 Å². The van der Waals surface area contributed by atoms with Gasteiger partial charge in [0.2, 0.25) is 0 Å². The molecule has 67 heavy (non-hydrogen) atoms. The number of carbonyl (C=O) groups excluding carboxylic acids is 2. The van der Waals surface area contributed by atoms with Crippen LogP contribution in [0.1, 0.15) is 117 Å². The molecule has 0 aliphatic carbocycles. The van der Waals surface area contributed by atoms with Gasteiger partial charge < -0.3 is 38.5 Å². The molecule has 4 atom stereocenters. The number of aryl methyl sites for hydroxylation is 1. The van der Waals surface area contributed by atoms with Crippen molar-refractivity contribution >= 4 is 68.7 Å². The van der Waals surface area contributed by atoms with Gasteiger partial charge in [0.25, 0.3) is 12.3 Å². The van der Waals surface area contributed by atoms with Crippen molar-refractivity contribution in [2.75, 3.05) is 26.8 Å². The van der Waals surface area contributed by atoms with Crippen molar-refractivity contribution in [1.82, 2.24) is 29.9 Å². The zero-order chi connectivity index (χ0) is 49.4. The number of ether oxygens (including phenoxy) is 3. The summed E-state index contributed by atoms with van der Waals surface area (Å²) in [5, 5.41) is 18.9. The number of halogens is 3. The van der Waals surface area contributed by atoms with Gasteiger partial charge in [0.05, 0.1) is 28.7 Å². The molecule has 0 spiro atoms. The minimum Gasteiger partial charge on any atom is -0.480 e. The van der Waals surface area contributed by atoms with Crippen LogP contribution in [-0.4, -0.2) is 117 Å². The predicted octanol–water partition coefficient (Wildman–Crippen LogP) is 8.73. The lowest BCUT2D eigenvalue weighted by molar-refractivity contribution is -0.180. The van der Waals surface area contributed by atoms with E-state index in [-0.39, 0.29) is 30.6 Å². The highest BCUT2D eigenvalue weighted by atomic mass is 79.9. The highest BCUT2D eigenvalue weighted by molar-refractivity contribution is 9.10. The van der Waals surface area contributed by atoms with Gasteiger partial charge in [-0.3, -0.25) is 19.6 Å². The number of aliphatic carboxylic acids is 1. The Balaban J connectivity index is 1.47. The van der Waals surface area contributed by atoms with Crippen LogP contribution in [0.4, 0.5) is 13.6 Å². The average Bonchev–Trinajstić information content (AvgIpc) is 3.87. The molecule has 6 rings (SSSR count). The van der Waals surface area contributed by atoms with E-state index in [9.17, 15) is 23.5 Å². The van der Waals surface area contributed by atoms with E-state index in [1.807, 2.05) is 66.7 Å². The van der Waals surface area contributed by atoms with E-state index >= 15 is 4.79 Å². The van der Waals surface area contributed by atoms with E-state index in [2.05, 4.69) is 49.9 Å². The van der Waals surface area contributed by atoms with Crippen LogP contribution in [0.2, 0.25) is 0 Å². The van der Waals surface area contributed by atoms with Crippen LogP contribution >= 0.6 is 27.3 Å². The second-order valence-electron chi connectivity index (χ2n) is 19.9. The van der Waals surface area contributed by atoms with Crippen LogP contribution in [-0.2, 0) is 46.1 Å². The molecule has 2 N–H and O–H groups in total. The van der Waals surface area contributed by atoms with Crippen LogP contribution in [0, 0.1) is 5.41 Å². The molecule has 2 aliphatic heterocycles. The molecule has 20 heteroatoms. The van der Waals surface area contributed by atoms with Crippen LogP contribution < -0.4 is 10.8 Å². The van der Waals surface area contributed by atoms with Gasteiger partial charge in [0.1, 0.15) is 40.0 Å². The smallest absolute Gasteiger partial charge is 0.480 e. The van der Waals surface area contributed by atoms with Crippen molar-refractivity contribution in [1.29, 1.82) is 0 Å². The predicted molar refractivity (Wildman–Crippen MR) is 256 cm³/mol. The van der Waals surface area contributed by atoms with Crippen molar-refractivity contribution in [3.8, 4) is 11.3 Å². The summed E-state index contributed by atoms with van der Waals surface area (Å²) < 4.78 is 60.4. The van der Waals surface area contributed by atoms with E-state index in [4.69, 9.17) is 28.5 Å². The van der Waals surface area contributed by atoms with E-state index in [0.29, 0.717) is 24.0 Å². The Bertz CT molecular complexity index is 2410. The van der Waals surface area contributed by atoms with Gasteiger partial charge in [-0.25, -0.2) is 23.6 Å².